The molecule has 0 aliphatic carbocycles. The number of carbonyl (C=O) groups excluding carboxylic acids is 1. The van der Waals surface area contributed by atoms with Crippen molar-refractivity contribution < 1.29 is 4.79 Å². The van der Waals surface area contributed by atoms with E-state index >= 15 is 0 Å². The minimum atomic E-state index is 0.263. The Hall–Kier alpha value is -2.28. The number of aryl methyl sites for hydroxylation is 3. The van der Waals surface area contributed by atoms with Crippen molar-refractivity contribution in [3.63, 3.8) is 0 Å². The Balaban J connectivity index is 1.26. The molecule has 2 aliphatic heterocycles. The number of amides is 1. The first-order chi connectivity index (χ1) is 14.0. The number of likely N-dealkylation sites (N-methyl/N-ethyl adjacent to an activating group) is 1. The van der Waals surface area contributed by atoms with Crippen LogP contribution in [0.4, 0.5) is 0 Å². The number of likely N-dealkylation sites (tertiary alicyclic amines) is 1. The van der Waals surface area contributed by atoms with Crippen molar-refractivity contribution in [2.75, 3.05) is 26.7 Å². The molecule has 2 aliphatic rings. The van der Waals surface area contributed by atoms with E-state index < -0.39 is 0 Å². The van der Waals surface area contributed by atoms with Crippen LogP contribution in [0.2, 0.25) is 0 Å². The third-order valence-electron chi connectivity index (χ3n) is 6.22. The molecule has 0 spiro atoms. The fourth-order valence-corrected chi connectivity index (χ4v) is 4.50. The summed E-state index contributed by atoms with van der Waals surface area (Å²) in [4.78, 5) is 26.5. The molecule has 1 saturated heterocycles. The van der Waals surface area contributed by atoms with E-state index in [9.17, 15) is 4.79 Å². The van der Waals surface area contributed by atoms with E-state index in [2.05, 4.69) is 35.0 Å². The van der Waals surface area contributed by atoms with Crippen LogP contribution in [0.3, 0.4) is 0 Å². The van der Waals surface area contributed by atoms with Crippen molar-refractivity contribution in [3.8, 4) is 0 Å². The Bertz CT molecular complexity index is 868. The lowest BCUT2D eigenvalue weighted by Gasteiger charge is -2.32. The van der Waals surface area contributed by atoms with Crippen molar-refractivity contribution in [1.82, 2.24) is 29.5 Å². The third kappa shape index (κ3) is 4.66. The fourth-order valence-electron chi connectivity index (χ4n) is 4.50. The summed E-state index contributed by atoms with van der Waals surface area (Å²) in [5.41, 5.74) is 4.67. The van der Waals surface area contributed by atoms with Gasteiger partial charge in [0.05, 0.1) is 5.69 Å². The highest BCUT2D eigenvalue weighted by Gasteiger charge is 2.26. The molecule has 0 unspecified atom stereocenters. The third-order valence-corrected chi connectivity index (χ3v) is 6.22. The second-order valence-corrected chi connectivity index (χ2v) is 8.60. The molecular formula is C22H32N6O. The lowest BCUT2D eigenvalue weighted by atomic mass is 9.95. The number of carbonyl (C=O) groups is 1. The Morgan fingerprint density at radius 3 is 2.72 bits per heavy atom. The van der Waals surface area contributed by atoms with Crippen LogP contribution in [0.15, 0.2) is 12.3 Å². The minimum Gasteiger partial charge on any atom is -0.343 e. The first-order valence-corrected chi connectivity index (χ1v) is 10.8. The van der Waals surface area contributed by atoms with Gasteiger partial charge in [-0.05, 0) is 46.2 Å². The highest BCUT2D eigenvalue weighted by atomic mass is 16.2. The predicted molar refractivity (Wildman–Crippen MR) is 112 cm³/mol. The Morgan fingerprint density at radius 1 is 1.21 bits per heavy atom. The first kappa shape index (κ1) is 20.0. The minimum absolute atomic E-state index is 0.263. The van der Waals surface area contributed by atoms with Crippen LogP contribution >= 0.6 is 0 Å². The Labute approximate surface area is 173 Å². The van der Waals surface area contributed by atoms with E-state index in [4.69, 9.17) is 4.98 Å². The van der Waals surface area contributed by atoms with E-state index in [0.29, 0.717) is 12.3 Å². The molecule has 4 heterocycles. The maximum atomic E-state index is 12.6. The molecule has 0 N–H and O–H groups in total. The van der Waals surface area contributed by atoms with E-state index in [1.165, 1.54) is 11.3 Å². The largest absolute Gasteiger partial charge is 0.343 e. The van der Waals surface area contributed by atoms with Crippen molar-refractivity contribution in [2.45, 2.75) is 65.0 Å². The van der Waals surface area contributed by atoms with Gasteiger partial charge in [0.2, 0.25) is 5.91 Å². The van der Waals surface area contributed by atoms with Crippen molar-refractivity contribution in [3.05, 3.63) is 40.7 Å². The van der Waals surface area contributed by atoms with Crippen LogP contribution in [0.5, 0.6) is 0 Å². The number of hydrogen-bond donors (Lipinski definition) is 0. The molecule has 1 amide bonds. The summed E-state index contributed by atoms with van der Waals surface area (Å²) in [6.07, 6.45) is 6.37. The van der Waals surface area contributed by atoms with E-state index in [-0.39, 0.29) is 5.91 Å². The van der Waals surface area contributed by atoms with Crippen molar-refractivity contribution in [2.24, 2.45) is 0 Å². The summed E-state index contributed by atoms with van der Waals surface area (Å²) in [6, 6.07) is 2.08. The van der Waals surface area contributed by atoms with Crippen LogP contribution in [0, 0.1) is 13.8 Å². The molecule has 156 valence electrons. The summed E-state index contributed by atoms with van der Waals surface area (Å²) in [6.45, 7) is 8.50. The maximum Gasteiger partial charge on any atom is 0.222 e. The van der Waals surface area contributed by atoms with E-state index in [1.807, 2.05) is 22.7 Å². The molecule has 0 aromatic carbocycles. The van der Waals surface area contributed by atoms with E-state index in [0.717, 1.165) is 75.6 Å². The number of rotatable bonds is 5. The van der Waals surface area contributed by atoms with Gasteiger partial charge in [-0.25, -0.2) is 9.97 Å². The lowest BCUT2D eigenvalue weighted by Crippen LogP contribution is -2.38. The van der Waals surface area contributed by atoms with Gasteiger partial charge in [0.15, 0.2) is 0 Å². The molecule has 0 bridgehead atoms. The average Bonchev–Trinajstić information content (AvgIpc) is 3.04. The van der Waals surface area contributed by atoms with Crippen LogP contribution < -0.4 is 0 Å². The Kier molecular flexibility index (Phi) is 5.94. The second-order valence-electron chi connectivity index (χ2n) is 8.60. The summed E-state index contributed by atoms with van der Waals surface area (Å²) in [7, 11) is 2.14. The summed E-state index contributed by atoms with van der Waals surface area (Å²) in [5.74, 6) is 1.61. The number of nitrogens with zero attached hydrogens (tertiary/aromatic N) is 6. The standard InChI is InChI=1S/C22H32N6O/c1-16-13-17(2)28(25-16)9-4-5-21(29)27-11-6-18(7-12-27)22-23-14-19-15-26(3)10-8-20(19)24-22/h13-14,18H,4-12,15H2,1-3H3. The van der Waals surface area contributed by atoms with Crippen LogP contribution in [-0.4, -0.2) is 62.1 Å². The summed E-state index contributed by atoms with van der Waals surface area (Å²) < 4.78 is 2.00. The van der Waals surface area contributed by atoms with Gasteiger partial charge in [-0.2, -0.15) is 5.10 Å². The first-order valence-electron chi connectivity index (χ1n) is 10.8. The molecule has 4 rings (SSSR count). The van der Waals surface area contributed by atoms with Gasteiger partial charge >= 0.3 is 0 Å². The molecule has 7 heteroatoms. The van der Waals surface area contributed by atoms with Crippen LogP contribution in [-0.2, 0) is 24.3 Å². The second kappa shape index (κ2) is 8.61. The predicted octanol–water partition coefficient (Wildman–Crippen LogP) is 2.46. The highest BCUT2D eigenvalue weighted by Crippen LogP contribution is 2.27. The molecular weight excluding hydrogens is 364 g/mol. The fraction of sp³-hybridized carbons (Fsp3) is 0.636. The van der Waals surface area contributed by atoms with Crippen LogP contribution in [0.25, 0.3) is 0 Å². The molecule has 1 fully saturated rings. The van der Waals surface area contributed by atoms with Gasteiger partial charge < -0.3 is 9.80 Å². The molecule has 29 heavy (non-hydrogen) atoms. The average molecular weight is 397 g/mol. The zero-order chi connectivity index (χ0) is 20.4. The molecule has 0 atom stereocenters. The maximum absolute atomic E-state index is 12.6. The topological polar surface area (TPSA) is 67.2 Å². The normalized spacial score (nSPS) is 18.1. The molecule has 2 aromatic rings. The highest BCUT2D eigenvalue weighted by molar-refractivity contribution is 5.76. The van der Waals surface area contributed by atoms with Gasteiger partial charge in [-0.15, -0.1) is 0 Å². The monoisotopic (exact) mass is 396 g/mol. The summed E-state index contributed by atoms with van der Waals surface area (Å²) in [5, 5.41) is 4.47. The number of fused-ring (bicyclic) bond motifs is 1. The summed E-state index contributed by atoms with van der Waals surface area (Å²) >= 11 is 0. The lowest BCUT2D eigenvalue weighted by molar-refractivity contribution is -0.132. The molecule has 7 nitrogen and oxygen atoms in total. The SMILES string of the molecule is Cc1cc(C)n(CCCC(=O)N2CCC(c3ncc4c(n3)CCN(C)C4)CC2)n1. The quantitative estimate of drug-likeness (QED) is 0.777. The molecule has 0 saturated carbocycles. The van der Waals surface area contributed by atoms with Gasteiger partial charge in [-0.1, -0.05) is 0 Å². The molecule has 0 radical (unpaired) electrons. The van der Waals surface area contributed by atoms with Crippen LogP contribution in [0.1, 0.15) is 60.1 Å². The number of piperidine rings is 1. The van der Waals surface area contributed by atoms with Crippen molar-refractivity contribution >= 4 is 5.91 Å². The smallest absolute Gasteiger partial charge is 0.222 e. The zero-order valence-corrected chi connectivity index (χ0v) is 17.9. The van der Waals surface area contributed by atoms with Gasteiger partial charge in [-0.3, -0.25) is 9.48 Å². The number of aromatic nitrogens is 4. The zero-order valence-electron chi connectivity index (χ0n) is 17.9. The number of hydrogen-bond acceptors (Lipinski definition) is 5. The van der Waals surface area contributed by atoms with Gasteiger partial charge in [0, 0.05) is 74.6 Å². The molecule has 2 aromatic heterocycles. The Morgan fingerprint density at radius 2 is 2.00 bits per heavy atom. The van der Waals surface area contributed by atoms with Crippen molar-refractivity contribution in [1.29, 1.82) is 0 Å². The van der Waals surface area contributed by atoms with E-state index in [1.54, 1.807) is 0 Å². The van der Waals surface area contributed by atoms with Gasteiger partial charge in [0.25, 0.3) is 0 Å². The van der Waals surface area contributed by atoms with Gasteiger partial charge in [0.1, 0.15) is 5.82 Å².